The van der Waals surface area contributed by atoms with Gasteiger partial charge in [0.25, 0.3) is 0 Å². The molecule has 0 bridgehead atoms. The van der Waals surface area contributed by atoms with Gasteiger partial charge in [-0.25, -0.2) is 0 Å². The molecule has 6 heteroatoms. The highest BCUT2D eigenvalue weighted by molar-refractivity contribution is 5.29. The van der Waals surface area contributed by atoms with Gasteiger partial charge in [-0.2, -0.15) is 0 Å². The predicted octanol–water partition coefficient (Wildman–Crippen LogP) is -0.380. The Bertz CT molecular complexity index is 475. The van der Waals surface area contributed by atoms with Gasteiger partial charge in [0.1, 0.15) is 24.4 Å². The van der Waals surface area contributed by atoms with Crippen LogP contribution in [0.15, 0.2) is 18.2 Å². The lowest BCUT2D eigenvalue weighted by Gasteiger charge is -2.39. The van der Waals surface area contributed by atoms with Crippen LogP contribution in [0.25, 0.3) is 0 Å². The maximum absolute atomic E-state index is 9.86. The van der Waals surface area contributed by atoms with Gasteiger partial charge in [-0.3, -0.25) is 0 Å². The smallest absolute Gasteiger partial charge is 0.187 e. The first-order valence-electron chi connectivity index (χ1n) is 6.92. The van der Waals surface area contributed by atoms with Crippen LogP contribution in [-0.4, -0.2) is 57.7 Å². The first kappa shape index (κ1) is 16.4. The van der Waals surface area contributed by atoms with E-state index in [9.17, 15) is 15.3 Å². The highest BCUT2D eigenvalue weighted by Gasteiger charge is 2.43. The normalized spacial score (nSPS) is 33.1. The fraction of sp³-hybridized carbons (Fsp3) is 0.600. The van der Waals surface area contributed by atoms with Crippen LogP contribution in [0, 0.1) is 13.8 Å². The molecule has 6 nitrogen and oxygen atoms in total. The molecule has 0 spiro atoms. The number of aliphatic hydroxyl groups is 4. The summed E-state index contributed by atoms with van der Waals surface area (Å²) >= 11 is 0. The molecule has 2 rings (SSSR count). The monoisotopic (exact) mass is 298 g/mol. The van der Waals surface area contributed by atoms with Crippen LogP contribution in [0.2, 0.25) is 0 Å². The molecule has 1 aliphatic heterocycles. The van der Waals surface area contributed by atoms with Crippen molar-refractivity contribution in [3.05, 3.63) is 34.9 Å². The first-order valence-corrected chi connectivity index (χ1v) is 6.92. The zero-order valence-electron chi connectivity index (χ0n) is 12.1. The van der Waals surface area contributed by atoms with Crippen molar-refractivity contribution in [3.8, 4) is 0 Å². The van der Waals surface area contributed by atoms with Crippen molar-refractivity contribution in [2.45, 2.75) is 51.2 Å². The lowest BCUT2D eigenvalue weighted by molar-refractivity contribution is -0.304. The van der Waals surface area contributed by atoms with Crippen LogP contribution in [0.4, 0.5) is 0 Å². The van der Waals surface area contributed by atoms with Crippen LogP contribution in [-0.2, 0) is 16.1 Å². The van der Waals surface area contributed by atoms with Crippen molar-refractivity contribution in [1.29, 1.82) is 0 Å². The van der Waals surface area contributed by atoms with Crippen LogP contribution < -0.4 is 0 Å². The van der Waals surface area contributed by atoms with E-state index in [0.29, 0.717) is 0 Å². The van der Waals surface area contributed by atoms with Gasteiger partial charge in [0, 0.05) is 0 Å². The lowest BCUT2D eigenvalue weighted by atomic mass is 9.99. The van der Waals surface area contributed by atoms with Gasteiger partial charge in [0.2, 0.25) is 0 Å². The molecule has 0 radical (unpaired) electrons. The summed E-state index contributed by atoms with van der Waals surface area (Å²) in [6.45, 7) is 3.74. The van der Waals surface area contributed by atoms with Gasteiger partial charge in [-0.05, 0) is 30.5 Å². The van der Waals surface area contributed by atoms with Crippen molar-refractivity contribution in [3.63, 3.8) is 0 Å². The van der Waals surface area contributed by atoms with Gasteiger partial charge in [-0.1, -0.05) is 18.2 Å². The Hall–Kier alpha value is -1.02. The highest BCUT2D eigenvalue weighted by Crippen LogP contribution is 2.23. The molecule has 1 aliphatic rings. The van der Waals surface area contributed by atoms with Gasteiger partial charge >= 0.3 is 0 Å². The second-order valence-electron chi connectivity index (χ2n) is 5.43. The summed E-state index contributed by atoms with van der Waals surface area (Å²) in [4.78, 5) is 0. The number of aryl methyl sites for hydroxylation is 2. The number of hydrogen-bond acceptors (Lipinski definition) is 6. The minimum Gasteiger partial charge on any atom is -0.394 e. The SMILES string of the molecule is Cc1ccc(COC2O[C@H](CO)[C@@H](O)[C@H](O)[C@H]2O)cc1C. The molecule has 4 N–H and O–H groups in total. The molecule has 0 saturated carbocycles. The molecule has 1 aromatic rings. The third-order valence-corrected chi connectivity index (χ3v) is 3.83. The van der Waals surface area contributed by atoms with E-state index in [1.807, 2.05) is 32.0 Å². The van der Waals surface area contributed by atoms with Crippen molar-refractivity contribution in [2.24, 2.45) is 0 Å². The van der Waals surface area contributed by atoms with Crippen LogP contribution in [0.3, 0.4) is 0 Å². The maximum atomic E-state index is 9.86. The zero-order valence-corrected chi connectivity index (χ0v) is 12.1. The molecular formula is C15H22O6. The molecule has 21 heavy (non-hydrogen) atoms. The van der Waals surface area contributed by atoms with E-state index in [-0.39, 0.29) is 6.61 Å². The Morgan fingerprint density at radius 3 is 2.38 bits per heavy atom. The van der Waals surface area contributed by atoms with E-state index in [0.717, 1.165) is 11.1 Å². The molecule has 118 valence electrons. The Morgan fingerprint density at radius 1 is 1.05 bits per heavy atom. The summed E-state index contributed by atoms with van der Waals surface area (Å²) in [5, 5.41) is 38.3. The van der Waals surface area contributed by atoms with E-state index >= 15 is 0 Å². The molecule has 1 unspecified atom stereocenters. The van der Waals surface area contributed by atoms with Crippen molar-refractivity contribution >= 4 is 0 Å². The highest BCUT2D eigenvalue weighted by atomic mass is 16.7. The summed E-state index contributed by atoms with van der Waals surface area (Å²) in [7, 11) is 0. The van der Waals surface area contributed by atoms with Crippen molar-refractivity contribution in [1.82, 2.24) is 0 Å². The van der Waals surface area contributed by atoms with E-state index in [2.05, 4.69) is 0 Å². The fourth-order valence-corrected chi connectivity index (χ4v) is 2.28. The summed E-state index contributed by atoms with van der Waals surface area (Å²) in [6.07, 6.45) is -6.20. The van der Waals surface area contributed by atoms with E-state index < -0.39 is 37.3 Å². The van der Waals surface area contributed by atoms with Gasteiger partial charge in [0.05, 0.1) is 13.2 Å². The maximum Gasteiger partial charge on any atom is 0.187 e. The average molecular weight is 298 g/mol. The fourth-order valence-electron chi connectivity index (χ4n) is 2.28. The third kappa shape index (κ3) is 3.60. The van der Waals surface area contributed by atoms with Gasteiger partial charge in [0.15, 0.2) is 6.29 Å². The molecule has 0 amide bonds. The summed E-state index contributed by atoms with van der Waals surface area (Å²) in [6, 6.07) is 5.85. The molecule has 0 aliphatic carbocycles. The Kier molecular flexibility index (Phi) is 5.32. The van der Waals surface area contributed by atoms with E-state index in [1.165, 1.54) is 5.56 Å². The second kappa shape index (κ2) is 6.83. The molecule has 0 aromatic heterocycles. The minimum atomic E-state index is -1.42. The Labute approximate surface area is 123 Å². The number of rotatable bonds is 4. The average Bonchev–Trinajstić information content (AvgIpc) is 2.47. The molecule has 1 heterocycles. The zero-order chi connectivity index (χ0) is 15.6. The van der Waals surface area contributed by atoms with Gasteiger partial charge in [-0.15, -0.1) is 0 Å². The van der Waals surface area contributed by atoms with Crippen molar-refractivity contribution in [2.75, 3.05) is 6.61 Å². The third-order valence-electron chi connectivity index (χ3n) is 3.83. The number of benzene rings is 1. The molecular weight excluding hydrogens is 276 g/mol. The second-order valence-corrected chi connectivity index (χ2v) is 5.43. The number of aliphatic hydroxyl groups excluding tert-OH is 4. The molecule has 5 atom stereocenters. The quantitative estimate of drug-likeness (QED) is 0.605. The lowest BCUT2D eigenvalue weighted by Crippen LogP contribution is -2.59. The summed E-state index contributed by atoms with van der Waals surface area (Å²) < 4.78 is 10.7. The largest absolute Gasteiger partial charge is 0.394 e. The first-order chi connectivity index (χ1) is 9.93. The van der Waals surface area contributed by atoms with E-state index in [1.54, 1.807) is 0 Å². The Balaban J connectivity index is 1.99. The number of hydrogen-bond donors (Lipinski definition) is 4. The summed E-state index contributed by atoms with van der Waals surface area (Å²) in [5.41, 5.74) is 3.21. The van der Waals surface area contributed by atoms with Crippen LogP contribution >= 0.6 is 0 Å². The van der Waals surface area contributed by atoms with Crippen molar-refractivity contribution < 1.29 is 29.9 Å². The van der Waals surface area contributed by atoms with Crippen LogP contribution in [0.1, 0.15) is 16.7 Å². The standard InChI is InChI=1S/C15H22O6/c1-8-3-4-10(5-9(8)2)7-20-15-14(19)13(18)12(17)11(6-16)21-15/h3-5,11-19H,6-7H2,1-2H3/t11-,12-,13+,14-,15?/m1/s1. The topological polar surface area (TPSA) is 99.4 Å². The Morgan fingerprint density at radius 2 is 1.76 bits per heavy atom. The van der Waals surface area contributed by atoms with Crippen LogP contribution in [0.5, 0.6) is 0 Å². The molecule has 1 saturated heterocycles. The molecule has 1 fully saturated rings. The predicted molar refractivity (Wildman–Crippen MR) is 74.5 cm³/mol. The molecule has 1 aromatic carbocycles. The minimum absolute atomic E-state index is 0.198. The van der Waals surface area contributed by atoms with Gasteiger partial charge < -0.3 is 29.9 Å². The van der Waals surface area contributed by atoms with E-state index in [4.69, 9.17) is 14.6 Å². The number of ether oxygens (including phenoxy) is 2. The summed E-state index contributed by atoms with van der Waals surface area (Å²) in [5.74, 6) is 0.